The lowest BCUT2D eigenvalue weighted by molar-refractivity contribution is -0.135. The summed E-state index contributed by atoms with van der Waals surface area (Å²) in [5.41, 5.74) is 0. The molecule has 2 atom stereocenters. The Bertz CT molecular complexity index is 344. The van der Waals surface area contributed by atoms with Gasteiger partial charge in [0.2, 0.25) is 5.91 Å². The van der Waals surface area contributed by atoms with Gasteiger partial charge in [-0.25, -0.2) is 0 Å². The lowest BCUT2D eigenvalue weighted by atomic mass is 10.1. The maximum atomic E-state index is 12.3. The van der Waals surface area contributed by atoms with Gasteiger partial charge in [0, 0.05) is 32.1 Å². The number of hydrogen-bond donors (Lipinski definition) is 0. The molecule has 1 amide bonds. The third-order valence-electron chi connectivity index (χ3n) is 4.67. The summed E-state index contributed by atoms with van der Waals surface area (Å²) in [6.07, 6.45) is 3.88. The molecule has 3 rings (SSSR count). The highest BCUT2D eigenvalue weighted by atomic mass is 16.2. The maximum absolute atomic E-state index is 12.3. The van der Waals surface area contributed by atoms with Crippen LogP contribution < -0.4 is 0 Å². The molecule has 1 heterocycles. The number of amides is 1. The van der Waals surface area contributed by atoms with Crippen molar-refractivity contribution in [1.29, 1.82) is 5.26 Å². The van der Waals surface area contributed by atoms with Gasteiger partial charge in [0.05, 0.1) is 12.6 Å². The molecule has 4 heteroatoms. The summed E-state index contributed by atoms with van der Waals surface area (Å²) in [7, 11) is 0. The van der Waals surface area contributed by atoms with Gasteiger partial charge in [-0.05, 0) is 24.7 Å². The molecule has 3 fully saturated rings. The van der Waals surface area contributed by atoms with Crippen LogP contribution in [0.25, 0.3) is 0 Å². The van der Waals surface area contributed by atoms with Crippen LogP contribution in [0.2, 0.25) is 0 Å². The number of fused-ring (bicyclic) bond motifs is 1. The zero-order chi connectivity index (χ0) is 11.8. The average molecular weight is 233 g/mol. The summed E-state index contributed by atoms with van der Waals surface area (Å²) in [5.74, 6) is 2.21. The lowest BCUT2D eigenvalue weighted by Gasteiger charge is -2.33. The Morgan fingerprint density at radius 1 is 1.18 bits per heavy atom. The van der Waals surface area contributed by atoms with Crippen molar-refractivity contribution in [1.82, 2.24) is 9.80 Å². The molecule has 0 aromatic heterocycles. The second-order valence-corrected chi connectivity index (χ2v) is 5.54. The number of carbonyl (C=O) groups is 1. The molecule has 0 aromatic rings. The Morgan fingerprint density at radius 2 is 1.82 bits per heavy atom. The maximum Gasteiger partial charge on any atom is 0.226 e. The van der Waals surface area contributed by atoms with E-state index < -0.39 is 0 Å². The van der Waals surface area contributed by atoms with Crippen LogP contribution in [0.3, 0.4) is 0 Å². The van der Waals surface area contributed by atoms with Crippen LogP contribution in [-0.4, -0.2) is 48.4 Å². The monoisotopic (exact) mass is 233 g/mol. The van der Waals surface area contributed by atoms with Crippen LogP contribution in [0.15, 0.2) is 0 Å². The quantitative estimate of drug-likeness (QED) is 0.660. The van der Waals surface area contributed by atoms with Crippen LogP contribution in [0.5, 0.6) is 0 Å². The SMILES string of the molecule is N#CCN1CCN(C(=O)C2C3CCCC32)CC1. The molecular weight excluding hydrogens is 214 g/mol. The smallest absolute Gasteiger partial charge is 0.226 e. The van der Waals surface area contributed by atoms with E-state index in [9.17, 15) is 4.79 Å². The van der Waals surface area contributed by atoms with Crippen LogP contribution in [0.4, 0.5) is 0 Å². The highest BCUT2D eigenvalue weighted by Gasteiger charge is 2.57. The highest BCUT2D eigenvalue weighted by Crippen LogP contribution is 2.58. The van der Waals surface area contributed by atoms with Gasteiger partial charge >= 0.3 is 0 Å². The van der Waals surface area contributed by atoms with E-state index in [1.165, 1.54) is 19.3 Å². The zero-order valence-corrected chi connectivity index (χ0v) is 10.1. The van der Waals surface area contributed by atoms with Gasteiger partial charge in [0.25, 0.3) is 0 Å². The Hall–Kier alpha value is -1.08. The first-order chi connectivity index (χ1) is 8.31. The largest absolute Gasteiger partial charge is 0.340 e. The Kier molecular flexibility index (Phi) is 2.79. The van der Waals surface area contributed by atoms with Gasteiger partial charge in [-0.3, -0.25) is 9.69 Å². The first kappa shape index (κ1) is 11.0. The average Bonchev–Trinajstić information content (AvgIpc) is 2.83. The van der Waals surface area contributed by atoms with Crippen LogP contribution in [-0.2, 0) is 4.79 Å². The molecule has 2 unspecified atom stereocenters. The fraction of sp³-hybridized carbons (Fsp3) is 0.846. The standard InChI is InChI=1S/C13H19N3O/c14-4-5-15-6-8-16(9-7-15)13(17)12-10-2-1-3-11(10)12/h10-12H,1-3,5-9H2. The Labute approximate surface area is 102 Å². The second kappa shape index (κ2) is 4.30. The minimum Gasteiger partial charge on any atom is -0.340 e. The molecule has 2 saturated carbocycles. The number of carbonyl (C=O) groups excluding carboxylic acids is 1. The van der Waals surface area contributed by atoms with E-state index in [1.54, 1.807) is 0 Å². The molecule has 1 saturated heterocycles. The van der Waals surface area contributed by atoms with E-state index in [4.69, 9.17) is 5.26 Å². The van der Waals surface area contributed by atoms with Crippen molar-refractivity contribution in [2.45, 2.75) is 19.3 Å². The van der Waals surface area contributed by atoms with E-state index in [2.05, 4.69) is 11.0 Å². The molecule has 2 aliphatic carbocycles. The summed E-state index contributed by atoms with van der Waals surface area (Å²) >= 11 is 0. The van der Waals surface area contributed by atoms with Crippen molar-refractivity contribution in [3.05, 3.63) is 0 Å². The first-order valence-corrected chi connectivity index (χ1v) is 6.69. The number of piperazine rings is 1. The Balaban J connectivity index is 1.50. The van der Waals surface area contributed by atoms with Gasteiger partial charge in [-0.2, -0.15) is 5.26 Å². The molecule has 4 nitrogen and oxygen atoms in total. The first-order valence-electron chi connectivity index (χ1n) is 6.69. The molecule has 0 aromatic carbocycles. The highest BCUT2D eigenvalue weighted by molar-refractivity contribution is 5.82. The molecule has 0 spiro atoms. The van der Waals surface area contributed by atoms with Gasteiger partial charge in [0.1, 0.15) is 0 Å². The van der Waals surface area contributed by atoms with E-state index in [1.807, 2.05) is 4.90 Å². The molecule has 0 N–H and O–H groups in total. The summed E-state index contributed by atoms with van der Waals surface area (Å²) < 4.78 is 0. The van der Waals surface area contributed by atoms with Crippen LogP contribution >= 0.6 is 0 Å². The van der Waals surface area contributed by atoms with Gasteiger partial charge in [-0.15, -0.1) is 0 Å². The molecule has 1 aliphatic heterocycles. The molecule has 92 valence electrons. The van der Waals surface area contributed by atoms with Crippen molar-refractivity contribution in [3.8, 4) is 6.07 Å². The van der Waals surface area contributed by atoms with Crippen molar-refractivity contribution < 1.29 is 4.79 Å². The summed E-state index contributed by atoms with van der Waals surface area (Å²) in [4.78, 5) is 16.4. The van der Waals surface area contributed by atoms with Crippen molar-refractivity contribution in [3.63, 3.8) is 0 Å². The van der Waals surface area contributed by atoms with Gasteiger partial charge < -0.3 is 4.90 Å². The minimum absolute atomic E-state index is 0.367. The van der Waals surface area contributed by atoms with Gasteiger partial charge in [0.15, 0.2) is 0 Å². The van der Waals surface area contributed by atoms with E-state index >= 15 is 0 Å². The van der Waals surface area contributed by atoms with E-state index in [-0.39, 0.29) is 0 Å². The number of hydrogen-bond acceptors (Lipinski definition) is 3. The summed E-state index contributed by atoms with van der Waals surface area (Å²) in [6, 6.07) is 2.17. The fourth-order valence-electron chi connectivity index (χ4n) is 3.62. The lowest BCUT2D eigenvalue weighted by Crippen LogP contribution is -2.49. The van der Waals surface area contributed by atoms with E-state index in [0.29, 0.717) is 18.4 Å². The van der Waals surface area contributed by atoms with E-state index in [0.717, 1.165) is 38.0 Å². The van der Waals surface area contributed by atoms with Crippen molar-refractivity contribution in [2.75, 3.05) is 32.7 Å². The zero-order valence-electron chi connectivity index (χ0n) is 10.1. The van der Waals surface area contributed by atoms with Crippen molar-refractivity contribution in [2.24, 2.45) is 17.8 Å². The molecule has 0 radical (unpaired) electrons. The number of nitriles is 1. The fourth-order valence-corrected chi connectivity index (χ4v) is 3.62. The number of rotatable bonds is 2. The number of nitrogens with zero attached hydrogens (tertiary/aromatic N) is 3. The van der Waals surface area contributed by atoms with Gasteiger partial charge in [-0.1, -0.05) is 6.42 Å². The Morgan fingerprint density at radius 3 is 2.41 bits per heavy atom. The molecular formula is C13H19N3O. The van der Waals surface area contributed by atoms with Crippen LogP contribution in [0, 0.1) is 29.1 Å². The molecule has 3 aliphatic rings. The topological polar surface area (TPSA) is 47.3 Å². The third-order valence-corrected chi connectivity index (χ3v) is 4.67. The van der Waals surface area contributed by atoms with Crippen LogP contribution in [0.1, 0.15) is 19.3 Å². The second-order valence-electron chi connectivity index (χ2n) is 5.54. The summed E-state index contributed by atoms with van der Waals surface area (Å²) in [5, 5.41) is 8.63. The molecule has 17 heavy (non-hydrogen) atoms. The predicted octanol–water partition coefficient (Wildman–Crippen LogP) is 0.700. The predicted molar refractivity (Wildman–Crippen MR) is 63.0 cm³/mol. The molecule has 0 bridgehead atoms. The third kappa shape index (κ3) is 1.93. The summed E-state index contributed by atoms with van der Waals surface area (Å²) in [6.45, 7) is 3.85. The minimum atomic E-state index is 0.367. The normalized spacial score (nSPS) is 36.4. The van der Waals surface area contributed by atoms with Crippen molar-refractivity contribution >= 4 is 5.91 Å².